The molecule has 0 bridgehead atoms. The zero-order valence-corrected chi connectivity index (χ0v) is 18.6. The minimum absolute atomic E-state index is 0.144. The van der Waals surface area contributed by atoms with Crippen molar-refractivity contribution in [1.82, 2.24) is 0 Å². The zero-order valence-electron chi connectivity index (χ0n) is 17.9. The number of rotatable bonds is 6. The molecule has 0 unspecified atom stereocenters. The highest BCUT2D eigenvalue weighted by Crippen LogP contribution is 2.36. The fourth-order valence-electron chi connectivity index (χ4n) is 3.53. The molecule has 2 N–H and O–H groups in total. The number of nitrogens with zero attached hydrogens (tertiary/aromatic N) is 1. The van der Waals surface area contributed by atoms with Gasteiger partial charge < -0.3 is 15.4 Å². The third-order valence-electron chi connectivity index (χ3n) is 5.01. The van der Waals surface area contributed by atoms with Crippen LogP contribution >= 0.6 is 11.6 Å². The van der Waals surface area contributed by atoms with Crippen LogP contribution in [0.25, 0.3) is 5.57 Å². The Kier molecular flexibility index (Phi) is 6.15. The molecule has 0 saturated carbocycles. The summed E-state index contributed by atoms with van der Waals surface area (Å²) in [6.45, 7) is 1.42. The number of carbonyl (C=O) groups excluding carboxylic acids is 3. The highest BCUT2D eigenvalue weighted by Gasteiger charge is 2.40. The summed E-state index contributed by atoms with van der Waals surface area (Å²) in [6.07, 6.45) is 0. The van der Waals surface area contributed by atoms with Gasteiger partial charge in [0.15, 0.2) is 0 Å². The summed E-state index contributed by atoms with van der Waals surface area (Å²) < 4.78 is 5.17. The second kappa shape index (κ2) is 9.18. The normalized spacial score (nSPS) is 13.4. The molecule has 7 nitrogen and oxygen atoms in total. The van der Waals surface area contributed by atoms with E-state index in [1.54, 1.807) is 60.7 Å². The fourth-order valence-corrected chi connectivity index (χ4v) is 3.78. The van der Waals surface area contributed by atoms with Gasteiger partial charge in [0.1, 0.15) is 11.4 Å². The summed E-state index contributed by atoms with van der Waals surface area (Å²) >= 11 is 6.24. The minimum Gasteiger partial charge on any atom is -0.495 e. The Bertz CT molecular complexity index is 1270. The molecule has 3 aromatic rings. The molecular formula is C25H20ClN3O4. The standard InChI is InChI=1S/C25H20ClN3O4/c1-15(30)27-17-8-10-18(11-9-17)28-23-22(16-6-4-3-5-7-16)24(31)29(25(23)32)19-12-13-21(33-2)20(26)14-19/h3-14,28H,1-2H3,(H,27,30). The van der Waals surface area contributed by atoms with Crippen molar-refractivity contribution in [3.63, 3.8) is 0 Å². The minimum atomic E-state index is -0.508. The highest BCUT2D eigenvalue weighted by atomic mass is 35.5. The summed E-state index contributed by atoms with van der Waals surface area (Å²) in [6, 6.07) is 20.5. The Balaban J connectivity index is 1.73. The molecule has 0 spiro atoms. The van der Waals surface area contributed by atoms with Gasteiger partial charge in [-0.15, -0.1) is 0 Å². The maximum atomic E-state index is 13.4. The van der Waals surface area contributed by atoms with Gasteiger partial charge in [0, 0.05) is 18.3 Å². The van der Waals surface area contributed by atoms with Crippen molar-refractivity contribution in [2.24, 2.45) is 0 Å². The quantitative estimate of drug-likeness (QED) is 0.519. The molecule has 1 aliphatic rings. The van der Waals surface area contributed by atoms with Crippen LogP contribution in [0.5, 0.6) is 5.75 Å². The number of amides is 3. The summed E-state index contributed by atoms with van der Waals surface area (Å²) in [5.74, 6) is -0.723. The van der Waals surface area contributed by atoms with Crippen molar-refractivity contribution in [1.29, 1.82) is 0 Å². The summed E-state index contributed by atoms with van der Waals surface area (Å²) in [7, 11) is 1.49. The molecule has 1 aliphatic heterocycles. The first-order chi connectivity index (χ1) is 15.9. The molecule has 0 fully saturated rings. The molecule has 8 heteroatoms. The number of benzene rings is 3. The van der Waals surface area contributed by atoms with Crippen LogP contribution < -0.4 is 20.3 Å². The lowest BCUT2D eigenvalue weighted by Crippen LogP contribution is -2.32. The van der Waals surface area contributed by atoms with Crippen LogP contribution in [0.2, 0.25) is 5.02 Å². The molecule has 166 valence electrons. The summed E-state index contributed by atoms with van der Waals surface area (Å²) in [5, 5.41) is 6.06. The largest absolute Gasteiger partial charge is 0.495 e. The van der Waals surface area contributed by atoms with Crippen LogP contribution in [-0.4, -0.2) is 24.8 Å². The van der Waals surface area contributed by atoms with Crippen LogP contribution in [0.1, 0.15) is 12.5 Å². The van der Waals surface area contributed by atoms with E-state index in [-0.39, 0.29) is 22.2 Å². The van der Waals surface area contributed by atoms with Crippen LogP contribution in [0.15, 0.2) is 78.5 Å². The number of ether oxygens (including phenoxy) is 1. The molecule has 3 aromatic carbocycles. The second-order valence-electron chi connectivity index (χ2n) is 7.26. The van der Waals surface area contributed by atoms with Gasteiger partial charge in [-0.1, -0.05) is 41.9 Å². The van der Waals surface area contributed by atoms with Gasteiger partial charge in [0.2, 0.25) is 5.91 Å². The predicted molar refractivity (Wildman–Crippen MR) is 128 cm³/mol. The maximum absolute atomic E-state index is 13.4. The number of anilines is 3. The van der Waals surface area contributed by atoms with Gasteiger partial charge in [0.05, 0.1) is 23.4 Å². The van der Waals surface area contributed by atoms with Crippen molar-refractivity contribution >= 4 is 52.0 Å². The number of halogens is 1. The van der Waals surface area contributed by atoms with Crippen LogP contribution in [0.4, 0.5) is 17.1 Å². The molecule has 0 aromatic heterocycles. The Morgan fingerprint density at radius 3 is 2.18 bits per heavy atom. The van der Waals surface area contributed by atoms with Gasteiger partial charge in [-0.25, -0.2) is 4.90 Å². The highest BCUT2D eigenvalue weighted by molar-refractivity contribution is 6.46. The molecule has 0 saturated heterocycles. The first kappa shape index (κ1) is 22.1. The number of hydrogen-bond donors (Lipinski definition) is 2. The summed E-state index contributed by atoms with van der Waals surface area (Å²) in [5.41, 5.74) is 2.54. The molecule has 0 atom stereocenters. The smallest absolute Gasteiger partial charge is 0.282 e. The zero-order chi connectivity index (χ0) is 23.5. The van der Waals surface area contributed by atoms with Crippen LogP contribution in [0, 0.1) is 0 Å². The summed E-state index contributed by atoms with van der Waals surface area (Å²) in [4.78, 5) is 39.2. The van der Waals surface area contributed by atoms with E-state index >= 15 is 0 Å². The van der Waals surface area contributed by atoms with Crippen molar-refractivity contribution in [3.05, 3.63) is 89.1 Å². The molecule has 0 radical (unpaired) electrons. The average Bonchev–Trinajstić information content (AvgIpc) is 3.04. The number of imide groups is 1. The number of nitrogens with one attached hydrogen (secondary N) is 2. The SMILES string of the molecule is COc1ccc(N2C(=O)C(Nc3ccc(NC(C)=O)cc3)=C(c3ccccc3)C2=O)cc1Cl. The van der Waals surface area contributed by atoms with E-state index in [9.17, 15) is 14.4 Å². The van der Waals surface area contributed by atoms with Gasteiger partial charge >= 0.3 is 0 Å². The molecule has 33 heavy (non-hydrogen) atoms. The molecular weight excluding hydrogens is 442 g/mol. The van der Waals surface area contributed by atoms with Crippen molar-refractivity contribution in [3.8, 4) is 5.75 Å². The predicted octanol–water partition coefficient (Wildman–Crippen LogP) is 4.70. The van der Waals surface area contributed by atoms with Gasteiger partial charge in [-0.05, 0) is 48.0 Å². The second-order valence-corrected chi connectivity index (χ2v) is 7.67. The monoisotopic (exact) mass is 461 g/mol. The molecule has 4 rings (SSSR count). The van der Waals surface area contributed by atoms with Gasteiger partial charge in [-0.3, -0.25) is 14.4 Å². The number of carbonyl (C=O) groups is 3. The molecule has 0 aliphatic carbocycles. The molecule has 1 heterocycles. The molecule has 3 amide bonds. The van der Waals surface area contributed by atoms with Crippen molar-refractivity contribution in [2.45, 2.75) is 6.92 Å². The van der Waals surface area contributed by atoms with E-state index in [0.717, 1.165) is 4.90 Å². The third kappa shape index (κ3) is 4.44. The van der Waals surface area contributed by atoms with E-state index in [0.29, 0.717) is 28.4 Å². The first-order valence-corrected chi connectivity index (χ1v) is 10.4. The first-order valence-electron chi connectivity index (χ1n) is 10.1. The van der Waals surface area contributed by atoms with E-state index in [1.165, 1.54) is 20.1 Å². The Morgan fingerprint density at radius 1 is 0.909 bits per heavy atom. The Labute approximate surface area is 195 Å². The number of methoxy groups -OCH3 is 1. The van der Waals surface area contributed by atoms with Gasteiger partial charge in [-0.2, -0.15) is 0 Å². The lowest BCUT2D eigenvalue weighted by molar-refractivity contribution is -0.120. The Hall–Kier alpha value is -4.10. The maximum Gasteiger partial charge on any atom is 0.282 e. The van der Waals surface area contributed by atoms with Crippen LogP contribution in [0.3, 0.4) is 0 Å². The van der Waals surface area contributed by atoms with E-state index in [4.69, 9.17) is 16.3 Å². The van der Waals surface area contributed by atoms with E-state index in [2.05, 4.69) is 10.6 Å². The lowest BCUT2D eigenvalue weighted by atomic mass is 10.0. The van der Waals surface area contributed by atoms with Crippen molar-refractivity contribution < 1.29 is 19.1 Å². The topological polar surface area (TPSA) is 87.7 Å². The number of hydrogen-bond acceptors (Lipinski definition) is 5. The van der Waals surface area contributed by atoms with Crippen molar-refractivity contribution in [2.75, 3.05) is 22.6 Å². The fraction of sp³-hybridized carbons (Fsp3) is 0.0800. The van der Waals surface area contributed by atoms with E-state index in [1.807, 2.05) is 6.07 Å². The van der Waals surface area contributed by atoms with Gasteiger partial charge in [0.25, 0.3) is 11.8 Å². The third-order valence-corrected chi connectivity index (χ3v) is 5.31. The van der Waals surface area contributed by atoms with E-state index < -0.39 is 11.8 Å². The van der Waals surface area contributed by atoms with Crippen LogP contribution in [-0.2, 0) is 14.4 Å². The Morgan fingerprint density at radius 2 is 1.58 bits per heavy atom. The lowest BCUT2D eigenvalue weighted by Gasteiger charge is -2.16. The average molecular weight is 462 g/mol.